The van der Waals surface area contributed by atoms with Crippen LogP contribution in [0.2, 0.25) is 0 Å². The lowest BCUT2D eigenvalue weighted by Crippen LogP contribution is -2.32. The van der Waals surface area contributed by atoms with Crippen LogP contribution in [0.5, 0.6) is 0 Å². The Bertz CT molecular complexity index is 1270. The number of carbonyl (C=O) groups excluding carboxylic acids is 1. The van der Waals surface area contributed by atoms with Crippen LogP contribution >= 0.6 is 11.3 Å². The minimum absolute atomic E-state index is 0.0166. The minimum Gasteiger partial charge on any atom is -0.473 e. The lowest BCUT2D eigenvalue weighted by Gasteiger charge is -2.30. The molecule has 200 valence electrons. The van der Waals surface area contributed by atoms with Gasteiger partial charge in [0.15, 0.2) is 0 Å². The molecule has 1 unspecified atom stereocenters. The van der Waals surface area contributed by atoms with Gasteiger partial charge in [-0.05, 0) is 71.8 Å². The molecule has 1 aliphatic carbocycles. The van der Waals surface area contributed by atoms with Crippen molar-refractivity contribution in [2.75, 3.05) is 19.6 Å². The first-order valence-corrected chi connectivity index (χ1v) is 14.1. The SMILES string of the molecule is O=C(C1CCCCC1)C(CCN1CC=C(c2cccc3ccsc23)CC1)c1cccnc1.O=C(O)C(=O)O. The van der Waals surface area contributed by atoms with Gasteiger partial charge in [-0.1, -0.05) is 49.6 Å². The summed E-state index contributed by atoms with van der Waals surface area (Å²) in [5, 5.41) is 18.3. The number of nitrogens with zero attached hydrogens (tertiary/aromatic N) is 2. The smallest absolute Gasteiger partial charge is 0.414 e. The van der Waals surface area contributed by atoms with Gasteiger partial charge in [-0.25, -0.2) is 9.59 Å². The Labute approximate surface area is 226 Å². The second-order valence-electron chi connectivity index (χ2n) is 9.90. The van der Waals surface area contributed by atoms with Gasteiger partial charge in [-0.3, -0.25) is 14.7 Å². The predicted molar refractivity (Wildman–Crippen MR) is 149 cm³/mol. The van der Waals surface area contributed by atoms with Crippen molar-refractivity contribution in [1.82, 2.24) is 9.88 Å². The van der Waals surface area contributed by atoms with Crippen molar-refractivity contribution in [2.45, 2.75) is 50.9 Å². The first-order valence-electron chi connectivity index (χ1n) is 13.2. The van der Waals surface area contributed by atoms with Crippen LogP contribution in [0.1, 0.15) is 62.0 Å². The maximum absolute atomic E-state index is 13.5. The van der Waals surface area contributed by atoms with E-state index in [4.69, 9.17) is 19.8 Å². The largest absolute Gasteiger partial charge is 0.473 e. The second-order valence-corrected chi connectivity index (χ2v) is 10.8. The predicted octanol–water partition coefficient (Wildman–Crippen LogP) is 5.86. The number of benzene rings is 1. The molecule has 0 radical (unpaired) electrons. The molecule has 1 aromatic carbocycles. The van der Waals surface area contributed by atoms with Crippen LogP contribution in [0.25, 0.3) is 15.7 Å². The van der Waals surface area contributed by atoms with Crippen molar-refractivity contribution in [2.24, 2.45) is 5.92 Å². The Hall–Kier alpha value is -3.36. The summed E-state index contributed by atoms with van der Waals surface area (Å²) in [7, 11) is 0. The van der Waals surface area contributed by atoms with E-state index in [0.29, 0.717) is 5.78 Å². The molecule has 2 aromatic heterocycles. The van der Waals surface area contributed by atoms with E-state index < -0.39 is 11.9 Å². The van der Waals surface area contributed by atoms with Crippen LogP contribution in [0.15, 0.2) is 60.2 Å². The number of ketones is 1. The van der Waals surface area contributed by atoms with Crippen molar-refractivity contribution >= 4 is 44.7 Å². The summed E-state index contributed by atoms with van der Waals surface area (Å²) in [6.45, 7) is 2.99. The standard InChI is InChI=1S/C28H32N2OS.C2H2O4/c31-27(22-6-2-1-3-7-22)25(24-9-5-15-29-20-24)13-18-30-16-11-21(12-17-30)26-10-4-8-23-14-19-32-28(23)26;3-1(4)2(5)6/h4-5,8-11,14-15,19-20,22,25H,1-3,6-7,12-13,16-18H2;(H,3,4)(H,5,6). The Balaban J connectivity index is 0.000000505. The lowest BCUT2D eigenvalue weighted by atomic mass is 9.78. The number of thiophene rings is 1. The number of hydrogen-bond acceptors (Lipinski definition) is 6. The maximum Gasteiger partial charge on any atom is 0.414 e. The van der Waals surface area contributed by atoms with Crippen LogP contribution in [0.3, 0.4) is 0 Å². The van der Waals surface area contributed by atoms with Crippen LogP contribution < -0.4 is 0 Å². The number of carboxylic acid groups (broad SMARTS) is 2. The van der Waals surface area contributed by atoms with Crippen LogP contribution in [0, 0.1) is 5.92 Å². The normalized spacial score (nSPS) is 17.2. The Kier molecular flexibility index (Phi) is 9.79. The molecule has 2 N–H and O–H groups in total. The molecule has 1 saturated carbocycles. The fourth-order valence-electron chi connectivity index (χ4n) is 5.44. The first-order chi connectivity index (χ1) is 18.4. The summed E-state index contributed by atoms with van der Waals surface area (Å²) < 4.78 is 1.40. The monoisotopic (exact) mass is 534 g/mol. The molecule has 7 nitrogen and oxygen atoms in total. The van der Waals surface area contributed by atoms with Gasteiger partial charge < -0.3 is 10.2 Å². The van der Waals surface area contributed by atoms with E-state index in [0.717, 1.165) is 50.9 Å². The fourth-order valence-corrected chi connectivity index (χ4v) is 6.39. The minimum atomic E-state index is -1.82. The zero-order chi connectivity index (χ0) is 26.9. The molecule has 0 bridgehead atoms. The molecule has 0 amide bonds. The number of aromatic nitrogens is 1. The van der Waals surface area contributed by atoms with E-state index in [9.17, 15) is 4.79 Å². The summed E-state index contributed by atoms with van der Waals surface area (Å²) in [6, 6.07) is 12.9. The molecule has 0 saturated heterocycles. The van der Waals surface area contributed by atoms with Crippen molar-refractivity contribution < 1.29 is 24.6 Å². The zero-order valence-corrected chi connectivity index (χ0v) is 22.2. The lowest BCUT2D eigenvalue weighted by molar-refractivity contribution is -0.159. The van der Waals surface area contributed by atoms with Crippen molar-refractivity contribution in [3.8, 4) is 0 Å². The third-order valence-corrected chi connectivity index (χ3v) is 8.44. The van der Waals surface area contributed by atoms with Gasteiger partial charge in [0.05, 0.1) is 0 Å². The molecule has 1 fully saturated rings. The molecule has 1 aliphatic heterocycles. The number of pyridine rings is 1. The number of rotatable bonds is 7. The highest BCUT2D eigenvalue weighted by Crippen LogP contribution is 2.34. The summed E-state index contributed by atoms with van der Waals surface area (Å²) in [4.78, 5) is 38.5. The van der Waals surface area contributed by atoms with Crippen LogP contribution in [-0.2, 0) is 14.4 Å². The number of Topliss-reactive ketones (excluding diaryl/α,β-unsaturated/α-hetero) is 1. The Morgan fingerprint density at radius 1 is 1.03 bits per heavy atom. The van der Waals surface area contributed by atoms with Gasteiger partial charge >= 0.3 is 11.9 Å². The highest BCUT2D eigenvalue weighted by atomic mass is 32.1. The average molecular weight is 535 g/mol. The van der Waals surface area contributed by atoms with E-state index in [1.165, 1.54) is 40.5 Å². The summed E-state index contributed by atoms with van der Waals surface area (Å²) >= 11 is 1.84. The number of carbonyl (C=O) groups is 3. The molecule has 2 aliphatic rings. The quantitative estimate of drug-likeness (QED) is 0.365. The molecule has 1 atom stereocenters. The fraction of sp³-hybridized carbons (Fsp3) is 0.400. The van der Waals surface area contributed by atoms with E-state index in [1.54, 1.807) is 6.20 Å². The number of aliphatic carboxylic acids is 2. The molecule has 8 heteroatoms. The van der Waals surface area contributed by atoms with Gasteiger partial charge in [0.25, 0.3) is 0 Å². The highest BCUT2D eigenvalue weighted by molar-refractivity contribution is 7.17. The van der Waals surface area contributed by atoms with Crippen LogP contribution in [0.4, 0.5) is 0 Å². The van der Waals surface area contributed by atoms with E-state index in [-0.39, 0.29) is 11.8 Å². The second kappa shape index (κ2) is 13.4. The summed E-state index contributed by atoms with van der Waals surface area (Å²) in [5.74, 6) is -2.97. The van der Waals surface area contributed by atoms with Crippen LogP contribution in [-0.4, -0.2) is 57.5 Å². The van der Waals surface area contributed by atoms with Crippen molar-refractivity contribution in [3.05, 3.63) is 71.4 Å². The average Bonchev–Trinajstić information content (AvgIpc) is 3.44. The molecule has 3 aromatic rings. The summed E-state index contributed by atoms with van der Waals surface area (Å²) in [5.41, 5.74) is 3.97. The van der Waals surface area contributed by atoms with E-state index in [2.05, 4.69) is 51.7 Å². The first kappa shape index (κ1) is 27.7. The topological polar surface area (TPSA) is 108 Å². The number of hydrogen-bond donors (Lipinski definition) is 2. The van der Waals surface area contributed by atoms with Gasteiger partial charge in [0, 0.05) is 42.0 Å². The third kappa shape index (κ3) is 7.14. The maximum atomic E-state index is 13.5. The van der Waals surface area contributed by atoms with E-state index in [1.807, 2.05) is 23.6 Å². The zero-order valence-electron chi connectivity index (χ0n) is 21.4. The molecular weight excluding hydrogens is 500 g/mol. The molecule has 38 heavy (non-hydrogen) atoms. The third-order valence-electron chi connectivity index (χ3n) is 7.47. The van der Waals surface area contributed by atoms with Gasteiger partial charge in [-0.15, -0.1) is 11.3 Å². The highest BCUT2D eigenvalue weighted by Gasteiger charge is 2.30. The molecule has 3 heterocycles. The van der Waals surface area contributed by atoms with E-state index >= 15 is 0 Å². The molecule has 0 spiro atoms. The van der Waals surface area contributed by atoms with Gasteiger partial charge in [-0.2, -0.15) is 0 Å². The molecule has 5 rings (SSSR count). The number of carboxylic acids is 2. The Morgan fingerprint density at radius 2 is 1.82 bits per heavy atom. The van der Waals surface area contributed by atoms with Crippen molar-refractivity contribution in [3.63, 3.8) is 0 Å². The van der Waals surface area contributed by atoms with Crippen molar-refractivity contribution in [1.29, 1.82) is 0 Å². The Morgan fingerprint density at radius 3 is 2.47 bits per heavy atom. The summed E-state index contributed by atoms with van der Waals surface area (Å²) in [6.07, 6.45) is 13.9. The van der Waals surface area contributed by atoms with Gasteiger partial charge in [0.2, 0.25) is 0 Å². The molecular formula is C30H34N2O5S. The number of fused-ring (bicyclic) bond motifs is 1. The van der Waals surface area contributed by atoms with Gasteiger partial charge in [0.1, 0.15) is 5.78 Å².